The van der Waals surface area contributed by atoms with Crippen LogP contribution in [-0.4, -0.2) is 0 Å². The molecule has 0 aliphatic heterocycles. The summed E-state index contributed by atoms with van der Waals surface area (Å²) in [5.74, 6) is 0. The van der Waals surface area contributed by atoms with E-state index < -0.39 is 0 Å². The third-order valence-corrected chi connectivity index (χ3v) is 10.3. The number of rotatable bonds is 6. The van der Waals surface area contributed by atoms with E-state index in [2.05, 4.69) is 205 Å². The predicted molar refractivity (Wildman–Crippen MR) is 220 cm³/mol. The first-order valence-corrected chi connectivity index (χ1v) is 17.8. The van der Waals surface area contributed by atoms with Crippen LogP contribution in [-0.2, 0) is 0 Å². The summed E-state index contributed by atoms with van der Waals surface area (Å²) < 4.78 is 6.82. The highest BCUT2D eigenvalue weighted by atomic mass is 16.3. The van der Waals surface area contributed by atoms with E-state index in [1.54, 1.807) is 0 Å². The molecule has 0 N–H and O–H groups in total. The van der Waals surface area contributed by atoms with Gasteiger partial charge in [0.2, 0.25) is 0 Å². The number of hydrogen-bond acceptors (Lipinski definition) is 2. The average Bonchev–Trinajstić information content (AvgIpc) is 3.62. The summed E-state index contributed by atoms with van der Waals surface area (Å²) in [7, 11) is 0. The Morgan fingerprint density at radius 3 is 1.62 bits per heavy atom. The number of anilines is 3. The van der Waals surface area contributed by atoms with Gasteiger partial charge in [-0.25, -0.2) is 0 Å². The maximum absolute atomic E-state index is 6.82. The molecular formula is C50H33NO. The summed E-state index contributed by atoms with van der Waals surface area (Å²) in [6.07, 6.45) is 0. The zero-order chi connectivity index (χ0) is 34.4. The number of furan rings is 1. The van der Waals surface area contributed by atoms with Crippen molar-refractivity contribution in [3.05, 3.63) is 200 Å². The first kappa shape index (κ1) is 30.0. The Bertz CT molecular complexity index is 2880. The van der Waals surface area contributed by atoms with Crippen molar-refractivity contribution < 1.29 is 4.42 Å². The molecule has 0 aliphatic carbocycles. The van der Waals surface area contributed by atoms with E-state index in [0.717, 1.165) is 50.1 Å². The molecule has 0 saturated heterocycles. The Morgan fingerprint density at radius 1 is 0.327 bits per heavy atom. The summed E-state index contributed by atoms with van der Waals surface area (Å²) in [5, 5.41) is 7.13. The molecule has 1 heterocycles. The molecule has 0 radical (unpaired) electrons. The lowest BCUT2D eigenvalue weighted by atomic mass is 9.91. The largest absolute Gasteiger partial charge is 0.454 e. The second kappa shape index (κ2) is 12.5. The van der Waals surface area contributed by atoms with Crippen LogP contribution in [0.4, 0.5) is 17.1 Å². The lowest BCUT2D eigenvalue weighted by molar-refractivity contribution is 0.669. The van der Waals surface area contributed by atoms with Gasteiger partial charge in [-0.2, -0.15) is 0 Å². The van der Waals surface area contributed by atoms with Gasteiger partial charge in [-0.1, -0.05) is 170 Å². The van der Waals surface area contributed by atoms with Crippen LogP contribution < -0.4 is 4.90 Å². The van der Waals surface area contributed by atoms with E-state index in [9.17, 15) is 0 Å². The standard InChI is InChI=1S/C50H33NO/c1-3-14-34(15-4-1)40-21-9-10-26-45(40)51(46-27-13-25-44-49-43-22-8-7-18-36(43)30-33-47(49)52-50(44)46)39-31-28-37(29-32-39)42-24-12-20-38-19-11-23-41(48(38)42)35-16-5-2-6-17-35/h1-33H. The molecule has 0 saturated carbocycles. The molecular weight excluding hydrogens is 631 g/mol. The minimum atomic E-state index is 0.863. The van der Waals surface area contributed by atoms with Gasteiger partial charge in [0.15, 0.2) is 5.58 Å². The molecule has 0 aliphatic rings. The molecule has 1 aromatic heterocycles. The quantitative estimate of drug-likeness (QED) is 0.176. The molecule has 10 aromatic rings. The molecule has 52 heavy (non-hydrogen) atoms. The number of para-hydroxylation sites is 2. The topological polar surface area (TPSA) is 16.4 Å². The van der Waals surface area contributed by atoms with E-state index in [1.807, 2.05) is 0 Å². The summed E-state index contributed by atoms with van der Waals surface area (Å²) >= 11 is 0. The van der Waals surface area contributed by atoms with Crippen LogP contribution in [0.2, 0.25) is 0 Å². The third-order valence-electron chi connectivity index (χ3n) is 10.3. The Morgan fingerprint density at radius 2 is 0.865 bits per heavy atom. The molecule has 0 fully saturated rings. The van der Waals surface area contributed by atoms with Gasteiger partial charge < -0.3 is 9.32 Å². The van der Waals surface area contributed by atoms with Crippen molar-refractivity contribution in [2.45, 2.75) is 0 Å². The summed E-state index contributed by atoms with van der Waals surface area (Å²) in [4.78, 5) is 2.36. The van der Waals surface area contributed by atoms with Crippen LogP contribution in [0.5, 0.6) is 0 Å². The monoisotopic (exact) mass is 663 g/mol. The average molecular weight is 664 g/mol. The minimum Gasteiger partial charge on any atom is -0.454 e. The van der Waals surface area contributed by atoms with Crippen LogP contribution in [0.15, 0.2) is 205 Å². The molecule has 2 nitrogen and oxygen atoms in total. The SMILES string of the molecule is c1ccc(-c2ccccc2N(c2ccc(-c3cccc4cccc(-c5ccccc5)c34)cc2)c2cccc3c2oc2ccc4ccccc4c23)cc1. The first-order valence-electron chi connectivity index (χ1n) is 17.8. The maximum Gasteiger partial charge on any atom is 0.159 e. The number of fused-ring (bicyclic) bond motifs is 6. The molecule has 0 bridgehead atoms. The first-order chi connectivity index (χ1) is 25.8. The molecule has 9 aromatic carbocycles. The number of benzene rings is 9. The van der Waals surface area contributed by atoms with Crippen LogP contribution in [0.3, 0.4) is 0 Å². The van der Waals surface area contributed by atoms with Gasteiger partial charge >= 0.3 is 0 Å². The minimum absolute atomic E-state index is 0.863. The molecule has 244 valence electrons. The van der Waals surface area contributed by atoms with Gasteiger partial charge in [0.05, 0.1) is 11.4 Å². The predicted octanol–water partition coefficient (Wildman–Crippen LogP) is 14.4. The lowest BCUT2D eigenvalue weighted by Crippen LogP contribution is -2.11. The highest BCUT2D eigenvalue weighted by Gasteiger charge is 2.23. The Kier molecular flexibility index (Phi) is 7.18. The van der Waals surface area contributed by atoms with Crippen LogP contribution in [0.25, 0.3) is 76.9 Å². The number of nitrogens with zero attached hydrogens (tertiary/aromatic N) is 1. The number of hydrogen-bond donors (Lipinski definition) is 0. The molecule has 0 unspecified atom stereocenters. The molecule has 0 amide bonds. The third kappa shape index (κ3) is 4.96. The van der Waals surface area contributed by atoms with Crippen LogP contribution in [0.1, 0.15) is 0 Å². The van der Waals surface area contributed by atoms with E-state index >= 15 is 0 Å². The van der Waals surface area contributed by atoms with Gasteiger partial charge in [0.1, 0.15) is 5.58 Å². The fraction of sp³-hybridized carbons (Fsp3) is 0. The molecule has 0 spiro atoms. The fourth-order valence-corrected chi connectivity index (χ4v) is 7.90. The van der Waals surface area contributed by atoms with Gasteiger partial charge in [0, 0.05) is 22.0 Å². The second-order valence-electron chi connectivity index (χ2n) is 13.3. The Hall–Kier alpha value is -6.90. The van der Waals surface area contributed by atoms with E-state index in [0.29, 0.717) is 0 Å². The van der Waals surface area contributed by atoms with Crippen molar-refractivity contribution in [2.75, 3.05) is 4.90 Å². The maximum atomic E-state index is 6.82. The van der Waals surface area contributed by atoms with Gasteiger partial charge in [-0.15, -0.1) is 0 Å². The van der Waals surface area contributed by atoms with Gasteiger partial charge in [0.25, 0.3) is 0 Å². The van der Waals surface area contributed by atoms with E-state index in [4.69, 9.17) is 4.42 Å². The second-order valence-corrected chi connectivity index (χ2v) is 13.3. The van der Waals surface area contributed by atoms with Gasteiger partial charge in [-0.05, 0) is 79.7 Å². The summed E-state index contributed by atoms with van der Waals surface area (Å²) in [6.45, 7) is 0. The van der Waals surface area contributed by atoms with Crippen molar-refractivity contribution >= 4 is 60.5 Å². The van der Waals surface area contributed by atoms with Crippen molar-refractivity contribution in [3.63, 3.8) is 0 Å². The molecule has 2 heteroatoms. The zero-order valence-electron chi connectivity index (χ0n) is 28.4. The zero-order valence-corrected chi connectivity index (χ0v) is 28.4. The van der Waals surface area contributed by atoms with Crippen LogP contribution >= 0.6 is 0 Å². The van der Waals surface area contributed by atoms with E-state index in [-0.39, 0.29) is 0 Å². The van der Waals surface area contributed by atoms with Gasteiger partial charge in [-0.3, -0.25) is 0 Å². The Balaban J connectivity index is 1.19. The molecule has 0 atom stereocenters. The fourth-order valence-electron chi connectivity index (χ4n) is 7.90. The lowest BCUT2D eigenvalue weighted by Gasteiger charge is -2.28. The Labute approximate surface area is 302 Å². The highest BCUT2D eigenvalue weighted by Crippen LogP contribution is 2.47. The smallest absolute Gasteiger partial charge is 0.159 e. The summed E-state index contributed by atoms with van der Waals surface area (Å²) in [5.41, 5.74) is 12.0. The van der Waals surface area contributed by atoms with Crippen molar-refractivity contribution in [1.82, 2.24) is 0 Å². The molecule has 10 rings (SSSR count). The van der Waals surface area contributed by atoms with E-state index in [1.165, 1.54) is 43.8 Å². The van der Waals surface area contributed by atoms with Crippen molar-refractivity contribution in [1.29, 1.82) is 0 Å². The van der Waals surface area contributed by atoms with Crippen LogP contribution in [0, 0.1) is 0 Å². The normalized spacial score (nSPS) is 11.5. The summed E-state index contributed by atoms with van der Waals surface area (Å²) in [6, 6.07) is 71.5. The highest BCUT2D eigenvalue weighted by molar-refractivity contribution is 6.21. The van der Waals surface area contributed by atoms with Crippen molar-refractivity contribution in [3.8, 4) is 33.4 Å². The van der Waals surface area contributed by atoms with Crippen molar-refractivity contribution in [2.24, 2.45) is 0 Å².